The lowest BCUT2D eigenvalue weighted by atomic mass is 9.85. The molecule has 3 N–H and O–H groups in total. The molecule has 0 heterocycles. The van der Waals surface area contributed by atoms with E-state index in [9.17, 15) is 9.90 Å². The van der Waals surface area contributed by atoms with Crippen molar-refractivity contribution in [1.82, 2.24) is 5.32 Å². The molecular weight excluding hydrogens is 380 g/mol. The number of phenolic OH excluding ortho intramolecular Hbond substituents is 1. The topological polar surface area (TPSA) is 61.4 Å². The van der Waals surface area contributed by atoms with Crippen molar-refractivity contribution in [2.45, 2.75) is 38.8 Å². The molecule has 1 saturated carbocycles. The highest BCUT2D eigenvalue weighted by molar-refractivity contribution is 9.10. The molecule has 4 nitrogen and oxygen atoms in total. The van der Waals surface area contributed by atoms with E-state index in [1.54, 1.807) is 6.07 Å². The third-order valence-electron chi connectivity index (χ3n) is 4.74. The fourth-order valence-electron chi connectivity index (χ4n) is 2.93. The van der Waals surface area contributed by atoms with Gasteiger partial charge in [-0.1, -0.05) is 34.5 Å². The molecule has 0 radical (unpaired) electrons. The first-order valence-corrected chi connectivity index (χ1v) is 9.44. The van der Waals surface area contributed by atoms with E-state index in [4.69, 9.17) is 0 Å². The van der Waals surface area contributed by atoms with Gasteiger partial charge in [0.1, 0.15) is 5.75 Å². The lowest BCUT2D eigenvalue weighted by molar-refractivity contribution is -0.122. The first-order chi connectivity index (χ1) is 12.0. The number of carbonyl (C=O) groups excluding carboxylic acids is 1. The van der Waals surface area contributed by atoms with E-state index in [1.165, 1.54) is 0 Å². The van der Waals surface area contributed by atoms with Crippen LogP contribution in [0.4, 0.5) is 5.69 Å². The molecule has 2 aromatic carbocycles. The summed E-state index contributed by atoms with van der Waals surface area (Å²) in [7, 11) is 0. The van der Waals surface area contributed by atoms with Gasteiger partial charge in [-0.05, 0) is 55.7 Å². The summed E-state index contributed by atoms with van der Waals surface area (Å²) in [5.74, 6) is 0.592. The lowest BCUT2D eigenvalue weighted by Crippen LogP contribution is -2.28. The summed E-state index contributed by atoms with van der Waals surface area (Å²) in [5.41, 5.74) is 2.78. The van der Waals surface area contributed by atoms with E-state index in [1.807, 2.05) is 43.3 Å². The van der Waals surface area contributed by atoms with E-state index in [2.05, 4.69) is 26.6 Å². The van der Waals surface area contributed by atoms with E-state index in [0.717, 1.165) is 40.5 Å². The minimum absolute atomic E-state index is 0.00530. The maximum absolute atomic E-state index is 12.1. The Morgan fingerprint density at radius 2 is 2.08 bits per heavy atom. The Morgan fingerprint density at radius 1 is 1.28 bits per heavy atom. The summed E-state index contributed by atoms with van der Waals surface area (Å²) in [5, 5.41) is 16.4. The molecule has 0 aromatic heterocycles. The van der Waals surface area contributed by atoms with Crippen LogP contribution >= 0.6 is 15.9 Å². The van der Waals surface area contributed by atoms with Crippen LogP contribution in [0.1, 0.15) is 43.4 Å². The fraction of sp³-hybridized carbons (Fsp3) is 0.350. The molecule has 3 rings (SSSR count). The summed E-state index contributed by atoms with van der Waals surface area (Å²) in [4.78, 5) is 12.1. The third-order valence-corrected chi connectivity index (χ3v) is 5.23. The van der Waals surface area contributed by atoms with Crippen molar-refractivity contribution < 1.29 is 9.90 Å². The molecule has 1 amide bonds. The number of anilines is 1. The maximum atomic E-state index is 12.1. The molecule has 2 aromatic rings. The van der Waals surface area contributed by atoms with Crippen LogP contribution in [-0.2, 0) is 11.3 Å². The molecule has 1 aliphatic carbocycles. The van der Waals surface area contributed by atoms with Gasteiger partial charge in [-0.15, -0.1) is 0 Å². The number of nitrogens with one attached hydrogen (secondary N) is 2. The highest BCUT2D eigenvalue weighted by Gasteiger charge is 2.25. The van der Waals surface area contributed by atoms with Crippen LogP contribution in [0, 0.1) is 5.92 Å². The largest absolute Gasteiger partial charge is 0.508 e. The van der Waals surface area contributed by atoms with E-state index in [0.29, 0.717) is 6.54 Å². The molecule has 132 valence electrons. The number of hydrogen-bond donors (Lipinski definition) is 3. The lowest BCUT2D eigenvalue weighted by Gasteiger charge is -2.24. The van der Waals surface area contributed by atoms with Crippen molar-refractivity contribution in [2.75, 3.05) is 5.32 Å². The van der Waals surface area contributed by atoms with E-state index >= 15 is 0 Å². The molecule has 1 fully saturated rings. The van der Waals surface area contributed by atoms with E-state index < -0.39 is 0 Å². The van der Waals surface area contributed by atoms with Gasteiger partial charge >= 0.3 is 0 Å². The number of phenols is 1. The van der Waals surface area contributed by atoms with Gasteiger partial charge in [0.2, 0.25) is 5.91 Å². The fourth-order valence-corrected chi connectivity index (χ4v) is 3.31. The zero-order chi connectivity index (χ0) is 17.8. The number of rotatable bonds is 6. The average molecular weight is 403 g/mol. The van der Waals surface area contributed by atoms with Crippen LogP contribution in [0.15, 0.2) is 46.9 Å². The highest BCUT2D eigenvalue weighted by atomic mass is 79.9. The van der Waals surface area contributed by atoms with Gasteiger partial charge in [0, 0.05) is 34.2 Å². The second kappa shape index (κ2) is 8.02. The van der Waals surface area contributed by atoms with Gasteiger partial charge in [-0.2, -0.15) is 0 Å². The summed E-state index contributed by atoms with van der Waals surface area (Å²) in [6.07, 6.45) is 3.16. The Morgan fingerprint density at radius 3 is 2.80 bits per heavy atom. The maximum Gasteiger partial charge on any atom is 0.227 e. The molecular formula is C20H23BrN2O2. The summed E-state index contributed by atoms with van der Waals surface area (Å²) < 4.78 is 0.939. The smallest absolute Gasteiger partial charge is 0.227 e. The second-order valence-electron chi connectivity index (χ2n) is 6.62. The molecule has 0 saturated heterocycles. The number of amides is 1. The van der Waals surface area contributed by atoms with Crippen molar-refractivity contribution in [3.8, 4) is 5.75 Å². The molecule has 1 atom stereocenters. The van der Waals surface area contributed by atoms with Crippen LogP contribution in [0.5, 0.6) is 5.75 Å². The van der Waals surface area contributed by atoms with Crippen LogP contribution in [-0.4, -0.2) is 11.0 Å². The van der Waals surface area contributed by atoms with Gasteiger partial charge in [0.15, 0.2) is 0 Å². The van der Waals surface area contributed by atoms with Crippen molar-refractivity contribution in [1.29, 1.82) is 0 Å². The van der Waals surface area contributed by atoms with Gasteiger partial charge < -0.3 is 15.7 Å². The third kappa shape index (κ3) is 4.61. The summed E-state index contributed by atoms with van der Waals surface area (Å²) in [6, 6.07) is 13.3. The number of benzene rings is 2. The summed E-state index contributed by atoms with van der Waals surface area (Å²) in [6.45, 7) is 2.67. The number of aromatic hydroxyl groups is 1. The molecule has 1 aliphatic rings. The number of hydrogen-bond acceptors (Lipinski definition) is 3. The van der Waals surface area contributed by atoms with Crippen molar-refractivity contribution >= 4 is 27.5 Å². The monoisotopic (exact) mass is 402 g/mol. The zero-order valence-electron chi connectivity index (χ0n) is 14.3. The van der Waals surface area contributed by atoms with Crippen LogP contribution in [0.3, 0.4) is 0 Å². The van der Waals surface area contributed by atoms with E-state index in [-0.39, 0.29) is 23.6 Å². The van der Waals surface area contributed by atoms with Crippen molar-refractivity contribution in [2.24, 2.45) is 5.92 Å². The van der Waals surface area contributed by atoms with Gasteiger partial charge in [0.25, 0.3) is 0 Å². The quantitative estimate of drug-likeness (QED) is 0.653. The standard InChI is InChI=1S/C20H23BrN2O2/c1-13(18-11-16(21)8-9-19(18)24)22-12-14-4-2-7-17(10-14)23-20(25)15-5-3-6-15/h2,4,7-11,13,15,22,24H,3,5-6,12H2,1H3,(H,23,25). The Bertz CT molecular complexity index is 759. The predicted octanol–water partition coefficient (Wildman–Crippen LogP) is 4.74. The molecule has 0 aliphatic heterocycles. The first kappa shape index (κ1) is 18.0. The van der Waals surface area contributed by atoms with Crippen LogP contribution < -0.4 is 10.6 Å². The average Bonchev–Trinajstić information content (AvgIpc) is 2.53. The highest BCUT2D eigenvalue weighted by Crippen LogP contribution is 2.29. The van der Waals surface area contributed by atoms with Gasteiger partial charge in [-0.3, -0.25) is 4.79 Å². The normalized spacial score (nSPS) is 15.4. The van der Waals surface area contributed by atoms with Crippen molar-refractivity contribution in [3.05, 3.63) is 58.1 Å². The molecule has 1 unspecified atom stereocenters. The van der Waals surface area contributed by atoms with Crippen LogP contribution in [0.25, 0.3) is 0 Å². The van der Waals surface area contributed by atoms with Gasteiger partial charge in [0.05, 0.1) is 0 Å². The Kier molecular flexibility index (Phi) is 5.76. The SMILES string of the molecule is CC(NCc1cccc(NC(=O)C2CCC2)c1)c1cc(Br)ccc1O. The Balaban J connectivity index is 1.60. The van der Waals surface area contributed by atoms with Gasteiger partial charge in [-0.25, -0.2) is 0 Å². The molecule has 5 heteroatoms. The van der Waals surface area contributed by atoms with Crippen LogP contribution in [0.2, 0.25) is 0 Å². The molecule has 25 heavy (non-hydrogen) atoms. The molecule has 0 bridgehead atoms. The number of carbonyl (C=O) groups is 1. The summed E-state index contributed by atoms with van der Waals surface area (Å²) >= 11 is 3.44. The Labute approximate surface area is 156 Å². The minimum Gasteiger partial charge on any atom is -0.508 e. The predicted molar refractivity (Wildman–Crippen MR) is 103 cm³/mol. The minimum atomic E-state index is 0.00530. The Hall–Kier alpha value is -1.85. The van der Waals surface area contributed by atoms with Crippen molar-refractivity contribution in [3.63, 3.8) is 0 Å². The second-order valence-corrected chi connectivity index (χ2v) is 7.54. The first-order valence-electron chi connectivity index (χ1n) is 8.64. The number of halogens is 1. The zero-order valence-corrected chi connectivity index (χ0v) is 15.8. The molecule has 0 spiro atoms.